The van der Waals surface area contributed by atoms with Crippen LogP contribution in [0, 0.1) is 10.8 Å². The monoisotopic (exact) mass is 464 g/mol. The average molecular weight is 464 g/mol. The first-order valence-corrected chi connectivity index (χ1v) is 9.52. The maximum atomic E-state index is 13.4. The standard InChI is InChI=1S/C25H20O9/c1-5-13-9-10-15(11-14(13)6-2)19(26)16-12-17(20(27)28)24(7-3,22(31)32)25(8-4,23(33)34)18(16)21(29)30/h5-12H,1-4H2,(H,27,28)(H,29,30)(H,31,32)(H,33,34). The van der Waals surface area contributed by atoms with Gasteiger partial charge in [-0.05, 0) is 23.3 Å². The lowest BCUT2D eigenvalue weighted by molar-refractivity contribution is -0.163. The number of carbonyl (C=O) groups is 5. The summed E-state index contributed by atoms with van der Waals surface area (Å²) in [4.78, 5) is 62.8. The minimum atomic E-state index is -3.10. The summed E-state index contributed by atoms with van der Waals surface area (Å²) in [5, 5.41) is 39.9. The van der Waals surface area contributed by atoms with Gasteiger partial charge < -0.3 is 20.4 Å². The lowest BCUT2D eigenvalue weighted by atomic mass is 9.52. The van der Waals surface area contributed by atoms with Gasteiger partial charge in [-0.3, -0.25) is 14.4 Å². The Kier molecular flexibility index (Phi) is 6.73. The van der Waals surface area contributed by atoms with Crippen LogP contribution in [-0.2, 0) is 19.2 Å². The highest BCUT2D eigenvalue weighted by Crippen LogP contribution is 2.56. The van der Waals surface area contributed by atoms with E-state index in [9.17, 15) is 44.4 Å². The smallest absolute Gasteiger partial charge is 0.333 e. The molecule has 1 aromatic carbocycles. The van der Waals surface area contributed by atoms with Crippen LogP contribution < -0.4 is 0 Å². The lowest BCUT2D eigenvalue weighted by Crippen LogP contribution is -2.57. The zero-order valence-electron chi connectivity index (χ0n) is 17.8. The normalized spacial score (nSPS) is 21.6. The van der Waals surface area contributed by atoms with Crippen molar-refractivity contribution in [2.45, 2.75) is 0 Å². The van der Waals surface area contributed by atoms with Crippen LogP contribution in [0.25, 0.3) is 12.2 Å². The number of ketones is 1. The van der Waals surface area contributed by atoms with Gasteiger partial charge in [0.05, 0.1) is 11.1 Å². The molecular weight excluding hydrogens is 444 g/mol. The molecule has 0 saturated heterocycles. The number of hydrogen-bond donors (Lipinski definition) is 4. The predicted molar refractivity (Wildman–Crippen MR) is 122 cm³/mol. The van der Waals surface area contributed by atoms with Gasteiger partial charge in [0.2, 0.25) is 0 Å². The summed E-state index contributed by atoms with van der Waals surface area (Å²) >= 11 is 0. The summed E-state index contributed by atoms with van der Waals surface area (Å²) in [7, 11) is 0. The van der Waals surface area contributed by atoms with Crippen molar-refractivity contribution in [3.63, 3.8) is 0 Å². The first kappa shape index (κ1) is 25.5. The minimum absolute atomic E-state index is 0.125. The third kappa shape index (κ3) is 3.30. The van der Waals surface area contributed by atoms with E-state index in [0.717, 1.165) is 0 Å². The number of allylic oxidation sites excluding steroid dienone is 2. The molecule has 0 radical (unpaired) electrons. The molecule has 2 rings (SSSR count). The fourth-order valence-corrected chi connectivity index (χ4v) is 4.15. The summed E-state index contributed by atoms with van der Waals surface area (Å²) < 4.78 is 0. The van der Waals surface area contributed by atoms with E-state index in [1.54, 1.807) is 0 Å². The molecule has 0 aromatic heterocycles. The van der Waals surface area contributed by atoms with Crippen molar-refractivity contribution in [3.05, 3.63) is 96.2 Å². The van der Waals surface area contributed by atoms with Gasteiger partial charge in [0.1, 0.15) is 10.8 Å². The van der Waals surface area contributed by atoms with Gasteiger partial charge in [0, 0.05) is 11.1 Å². The summed E-state index contributed by atoms with van der Waals surface area (Å²) in [5.41, 5.74) is -8.25. The minimum Gasteiger partial charge on any atom is -0.480 e. The zero-order valence-corrected chi connectivity index (χ0v) is 17.8. The maximum absolute atomic E-state index is 13.4. The highest BCUT2D eigenvalue weighted by Gasteiger charge is 2.68. The first-order valence-electron chi connectivity index (χ1n) is 9.52. The van der Waals surface area contributed by atoms with E-state index in [2.05, 4.69) is 26.3 Å². The predicted octanol–water partition coefficient (Wildman–Crippen LogP) is 3.08. The van der Waals surface area contributed by atoms with E-state index >= 15 is 0 Å². The van der Waals surface area contributed by atoms with Crippen LogP contribution in [0.4, 0.5) is 0 Å². The van der Waals surface area contributed by atoms with E-state index in [1.807, 2.05) is 0 Å². The molecule has 2 unspecified atom stereocenters. The molecule has 0 heterocycles. The summed E-state index contributed by atoms with van der Waals surface area (Å²) in [6.45, 7) is 13.8. The number of rotatable bonds is 10. The first-order chi connectivity index (χ1) is 15.9. The van der Waals surface area contributed by atoms with Crippen molar-refractivity contribution in [2.24, 2.45) is 10.8 Å². The van der Waals surface area contributed by atoms with Crippen molar-refractivity contribution in [3.8, 4) is 0 Å². The van der Waals surface area contributed by atoms with Crippen LogP contribution in [0.15, 0.2) is 79.5 Å². The van der Waals surface area contributed by atoms with Gasteiger partial charge in [-0.2, -0.15) is 0 Å². The molecular formula is C25H20O9. The van der Waals surface area contributed by atoms with Crippen LogP contribution in [0.5, 0.6) is 0 Å². The van der Waals surface area contributed by atoms with Gasteiger partial charge in [-0.1, -0.05) is 49.6 Å². The van der Waals surface area contributed by atoms with Gasteiger partial charge in [-0.25, -0.2) is 9.59 Å². The number of aliphatic carboxylic acids is 4. The van der Waals surface area contributed by atoms with Gasteiger partial charge >= 0.3 is 23.9 Å². The average Bonchev–Trinajstić information content (AvgIpc) is 2.80. The molecule has 9 nitrogen and oxygen atoms in total. The van der Waals surface area contributed by atoms with Crippen LogP contribution in [0.3, 0.4) is 0 Å². The van der Waals surface area contributed by atoms with E-state index < -0.39 is 57.2 Å². The Morgan fingerprint density at radius 2 is 1.26 bits per heavy atom. The maximum Gasteiger partial charge on any atom is 0.333 e. The molecule has 1 aliphatic carbocycles. The highest BCUT2D eigenvalue weighted by molar-refractivity contribution is 6.20. The van der Waals surface area contributed by atoms with Gasteiger partial charge in [0.25, 0.3) is 0 Å². The molecule has 9 heteroatoms. The SMILES string of the molecule is C=Cc1ccc(C(=O)C2=C(C(=O)O)C(C=C)(C(=O)O)C(C=C)(C(=O)O)C(C(=O)O)=C2)cc1C=C. The molecule has 0 fully saturated rings. The second kappa shape index (κ2) is 8.99. The van der Waals surface area contributed by atoms with E-state index in [0.29, 0.717) is 29.4 Å². The van der Waals surface area contributed by atoms with Crippen molar-refractivity contribution < 1.29 is 44.4 Å². The number of Topliss-reactive ketones (excluding diaryl/α,β-unsaturated/α-hetero) is 1. The van der Waals surface area contributed by atoms with E-state index in [-0.39, 0.29) is 5.56 Å². The molecule has 0 aliphatic heterocycles. The van der Waals surface area contributed by atoms with Crippen molar-refractivity contribution in [1.82, 2.24) is 0 Å². The number of carboxylic acid groups (broad SMARTS) is 4. The second-order valence-electron chi connectivity index (χ2n) is 7.17. The number of hydrogen-bond acceptors (Lipinski definition) is 5. The van der Waals surface area contributed by atoms with E-state index in [1.165, 1.54) is 30.4 Å². The molecule has 34 heavy (non-hydrogen) atoms. The molecule has 0 bridgehead atoms. The third-order valence-corrected chi connectivity index (χ3v) is 5.76. The summed E-state index contributed by atoms with van der Waals surface area (Å²) in [6.07, 6.45) is 4.45. The van der Waals surface area contributed by atoms with Gasteiger partial charge in [-0.15, -0.1) is 13.2 Å². The molecule has 0 spiro atoms. The summed E-state index contributed by atoms with van der Waals surface area (Å²) in [6, 6.07) is 4.11. The van der Waals surface area contributed by atoms with Crippen molar-refractivity contribution in [2.75, 3.05) is 0 Å². The molecule has 4 N–H and O–H groups in total. The Morgan fingerprint density at radius 3 is 1.65 bits per heavy atom. The number of carbonyl (C=O) groups excluding carboxylic acids is 1. The van der Waals surface area contributed by atoms with Crippen LogP contribution in [0.1, 0.15) is 21.5 Å². The number of carboxylic acids is 4. The third-order valence-electron chi connectivity index (χ3n) is 5.76. The highest BCUT2D eigenvalue weighted by atomic mass is 16.4. The molecule has 0 saturated carbocycles. The Balaban J connectivity index is 3.13. The van der Waals surface area contributed by atoms with Gasteiger partial charge in [0.15, 0.2) is 5.78 Å². The Hall–Kier alpha value is -4.79. The largest absolute Gasteiger partial charge is 0.480 e. The summed E-state index contributed by atoms with van der Waals surface area (Å²) in [5.74, 6) is -8.95. The van der Waals surface area contributed by atoms with Crippen molar-refractivity contribution in [1.29, 1.82) is 0 Å². The van der Waals surface area contributed by atoms with E-state index in [4.69, 9.17) is 0 Å². The van der Waals surface area contributed by atoms with Crippen LogP contribution >= 0.6 is 0 Å². The molecule has 1 aliphatic rings. The Bertz CT molecular complexity index is 1260. The lowest BCUT2D eigenvalue weighted by Gasteiger charge is -2.44. The quantitative estimate of drug-likeness (QED) is 0.300. The second-order valence-corrected chi connectivity index (χ2v) is 7.17. The topological polar surface area (TPSA) is 166 Å². The Labute approximate surface area is 193 Å². The molecule has 1 aromatic rings. The molecule has 0 amide bonds. The van der Waals surface area contributed by atoms with Crippen LogP contribution in [-0.4, -0.2) is 50.1 Å². The number of benzene rings is 1. The fourth-order valence-electron chi connectivity index (χ4n) is 4.15. The van der Waals surface area contributed by atoms with Crippen molar-refractivity contribution >= 4 is 41.8 Å². The van der Waals surface area contributed by atoms with Crippen LogP contribution in [0.2, 0.25) is 0 Å². The molecule has 174 valence electrons. The zero-order chi connectivity index (χ0) is 26.0. The fraction of sp³-hybridized carbons (Fsp3) is 0.0800. The Morgan fingerprint density at radius 1 is 0.735 bits per heavy atom. The molecule has 2 atom stereocenters.